The molecule has 9 aromatic rings. The fourth-order valence-corrected chi connectivity index (χ4v) is 7.69. The summed E-state index contributed by atoms with van der Waals surface area (Å²) < 4.78 is 16.6. The molecular weight excluding hydrogens is 855 g/mol. The quantitative estimate of drug-likeness (QED) is 0.123. The molecule has 0 saturated heterocycles. The van der Waals surface area contributed by atoms with Crippen LogP contribution in [0.15, 0.2) is 156 Å². The van der Waals surface area contributed by atoms with Crippen molar-refractivity contribution in [3.8, 4) is 39.5 Å². The third-order valence-electron chi connectivity index (χ3n) is 9.63. The summed E-state index contributed by atoms with van der Waals surface area (Å²) in [4.78, 5) is 9.62. The minimum Gasteiger partial charge on any atom is -0.501 e. The Morgan fingerprint density at radius 3 is 2.24 bits per heavy atom. The van der Waals surface area contributed by atoms with E-state index >= 15 is 0 Å². The zero-order valence-electron chi connectivity index (χ0n) is 32.0. The number of hydrogen-bond acceptors (Lipinski definition) is 3. The molecule has 0 atom stereocenters. The van der Waals surface area contributed by atoms with E-state index in [4.69, 9.17) is 10.8 Å². The molecule has 0 aliphatic carbocycles. The van der Waals surface area contributed by atoms with Gasteiger partial charge < -0.3 is 14.0 Å². The molecule has 0 fully saturated rings. The number of furan rings is 1. The topological polar surface area (TPSA) is 43.9 Å². The summed E-state index contributed by atoms with van der Waals surface area (Å²) in [5.74, 6) is 0.237. The minimum atomic E-state index is -1.29. The summed E-state index contributed by atoms with van der Waals surface area (Å²) in [5.41, 5.74) is 10.8. The number of fused-ring (bicyclic) bond motifs is 4. The van der Waals surface area contributed by atoms with Crippen molar-refractivity contribution in [3.05, 3.63) is 169 Å². The average molecular weight is 897 g/mol. The molecule has 9 rings (SSSR count). The van der Waals surface area contributed by atoms with E-state index in [1.54, 1.807) is 0 Å². The predicted molar refractivity (Wildman–Crippen MR) is 224 cm³/mol. The van der Waals surface area contributed by atoms with Crippen molar-refractivity contribution in [1.29, 1.82) is 0 Å². The minimum absolute atomic E-state index is 0. The van der Waals surface area contributed by atoms with Gasteiger partial charge in [-0.25, -0.2) is 0 Å². The van der Waals surface area contributed by atoms with Gasteiger partial charge in [-0.1, -0.05) is 135 Å². The first-order chi connectivity index (χ1) is 26.0. The molecule has 1 radical (unpaired) electrons. The van der Waals surface area contributed by atoms with Gasteiger partial charge in [0.15, 0.2) is 0 Å². The Kier molecular flexibility index (Phi) is 10.2. The first kappa shape index (κ1) is 35.6. The maximum Gasteiger partial charge on any atom is 0.120 e. The molecular formula is C48H41IrN3OSi-2. The Balaban J connectivity index is 0.000000191. The van der Waals surface area contributed by atoms with Gasteiger partial charge in [-0.05, 0) is 52.3 Å². The van der Waals surface area contributed by atoms with E-state index in [2.05, 4.69) is 132 Å². The first-order valence-corrected chi connectivity index (χ1v) is 21.5. The van der Waals surface area contributed by atoms with Gasteiger partial charge >= 0.3 is 0 Å². The van der Waals surface area contributed by atoms with E-state index in [1.807, 2.05) is 74.6 Å². The molecule has 0 saturated carbocycles. The smallest absolute Gasteiger partial charge is 0.120 e. The fraction of sp³-hybridized carbons (Fsp3) is 0.125. The largest absolute Gasteiger partial charge is 0.501 e. The summed E-state index contributed by atoms with van der Waals surface area (Å²) in [6, 6.07) is 56.3. The van der Waals surface area contributed by atoms with Crippen LogP contribution < -0.4 is 5.19 Å². The van der Waals surface area contributed by atoms with Crippen LogP contribution in [0.3, 0.4) is 0 Å². The molecule has 0 unspecified atom stereocenters. The Morgan fingerprint density at radius 2 is 1.50 bits per heavy atom. The first-order valence-electron chi connectivity index (χ1n) is 18.5. The van der Waals surface area contributed by atoms with Crippen LogP contribution in [0.1, 0.15) is 26.7 Å². The maximum atomic E-state index is 8.01. The number of rotatable bonds is 6. The maximum absolute atomic E-state index is 8.01. The van der Waals surface area contributed by atoms with Gasteiger partial charge in [-0.3, -0.25) is 4.98 Å². The van der Waals surface area contributed by atoms with E-state index in [0.29, 0.717) is 0 Å². The van der Waals surface area contributed by atoms with Gasteiger partial charge in [-0.15, -0.1) is 53.6 Å². The molecule has 6 aromatic carbocycles. The van der Waals surface area contributed by atoms with Crippen LogP contribution >= 0.6 is 0 Å². The molecule has 0 N–H and O–H groups in total. The normalized spacial score (nSPS) is 11.9. The number of hydrogen-bond donors (Lipinski definition) is 0. The van der Waals surface area contributed by atoms with E-state index in [0.717, 1.165) is 72.4 Å². The number of nitrogens with zero attached hydrogens (tertiary/aromatic N) is 3. The van der Waals surface area contributed by atoms with Crippen molar-refractivity contribution in [1.82, 2.24) is 14.5 Å². The van der Waals surface area contributed by atoms with Crippen molar-refractivity contribution >= 4 is 46.2 Å². The number of pyridine rings is 1. The van der Waals surface area contributed by atoms with Gasteiger partial charge in [-0.2, -0.15) is 0 Å². The summed E-state index contributed by atoms with van der Waals surface area (Å²) in [5, 5.41) is 3.53. The van der Waals surface area contributed by atoms with Crippen molar-refractivity contribution in [2.45, 2.75) is 39.4 Å². The van der Waals surface area contributed by atoms with Gasteiger partial charge in [0.25, 0.3) is 0 Å². The third-order valence-corrected chi connectivity index (χ3v) is 11.7. The Morgan fingerprint density at radius 1 is 0.741 bits per heavy atom. The summed E-state index contributed by atoms with van der Waals surface area (Å²) in [7, 11) is -1.29. The summed E-state index contributed by atoms with van der Waals surface area (Å²) in [6.07, 6.45) is 2.00. The molecule has 3 heterocycles. The number of imidazole rings is 1. The molecule has 54 heavy (non-hydrogen) atoms. The summed E-state index contributed by atoms with van der Waals surface area (Å²) in [6.45, 7) is 10.7. The zero-order chi connectivity index (χ0) is 37.5. The molecule has 0 aliphatic heterocycles. The van der Waals surface area contributed by atoms with Crippen molar-refractivity contribution in [2.24, 2.45) is 0 Å². The van der Waals surface area contributed by atoms with E-state index in [-0.39, 0.29) is 20.1 Å². The van der Waals surface area contributed by atoms with E-state index < -0.39 is 14.0 Å². The van der Waals surface area contributed by atoms with Gasteiger partial charge in [0.05, 0.1) is 30.5 Å². The SMILES string of the molecule is [2H]C(C)(C)c1c[c-]c(-c2ccc([Si](C)(C)C)cn2)cc1.[Ir].[c-]1ccc2c(oc3ccccc32)c1-c1nc2ccccc2n1-c1cccc(-c2ccccc2)c1. The molecule has 0 aliphatic rings. The Labute approximate surface area is 333 Å². The van der Waals surface area contributed by atoms with E-state index in [9.17, 15) is 0 Å². The number of aromatic nitrogens is 3. The predicted octanol–water partition coefficient (Wildman–Crippen LogP) is 12.3. The van der Waals surface area contributed by atoms with Crippen molar-refractivity contribution < 1.29 is 25.9 Å². The standard InChI is InChI=1S/C31H19N2O.C17H22NSi.Ir/c1-2-10-21(11-3-1)22-12-8-13-23(20-22)33-28-18-6-5-17-27(28)32-31(33)26-16-9-15-25-24-14-4-7-19-29(24)34-30(25)26;1-13(2)14-6-8-15(9-7-14)17-11-10-16(12-18-17)19(3,4)5;/h1-15,17-20H;6-8,10-13H,1-5H3;/q2*-1;/i;13D;. The summed E-state index contributed by atoms with van der Waals surface area (Å²) >= 11 is 0. The molecule has 3 aromatic heterocycles. The molecule has 0 amide bonds. The Bertz CT molecular complexity index is 2670. The fourth-order valence-electron chi connectivity index (χ4n) is 6.66. The van der Waals surface area contributed by atoms with Crippen molar-refractivity contribution in [2.75, 3.05) is 0 Å². The average Bonchev–Trinajstić information content (AvgIpc) is 3.77. The van der Waals surface area contributed by atoms with E-state index in [1.165, 1.54) is 10.8 Å². The molecule has 0 spiro atoms. The monoisotopic (exact) mass is 897 g/mol. The Hall–Kier alpha value is -5.39. The van der Waals surface area contributed by atoms with Crippen LogP contribution in [0.4, 0.5) is 0 Å². The van der Waals surface area contributed by atoms with Crippen LogP contribution in [0.5, 0.6) is 0 Å². The molecule has 0 bridgehead atoms. The van der Waals surface area contributed by atoms with Gasteiger partial charge in [0.2, 0.25) is 0 Å². The van der Waals surface area contributed by atoms with Crippen LogP contribution in [0.25, 0.3) is 72.4 Å². The number of benzene rings is 6. The third kappa shape index (κ3) is 7.38. The van der Waals surface area contributed by atoms with Crippen LogP contribution in [0.2, 0.25) is 19.6 Å². The molecule has 269 valence electrons. The van der Waals surface area contributed by atoms with Gasteiger partial charge in [0.1, 0.15) is 5.58 Å². The molecule has 4 nitrogen and oxygen atoms in total. The van der Waals surface area contributed by atoms with Crippen LogP contribution in [-0.2, 0) is 20.1 Å². The second-order valence-corrected chi connectivity index (χ2v) is 19.6. The van der Waals surface area contributed by atoms with Crippen LogP contribution in [0, 0.1) is 12.1 Å². The second kappa shape index (κ2) is 15.5. The van der Waals surface area contributed by atoms with Crippen LogP contribution in [-0.4, -0.2) is 22.6 Å². The molecule has 6 heteroatoms. The second-order valence-electron chi connectivity index (χ2n) is 14.5. The zero-order valence-corrected chi connectivity index (χ0v) is 34.4. The van der Waals surface area contributed by atoms with Gasteiger partial charge in [0, 0.05) is 38.7 Å². The van der Waals surface area contributed by atoms with Crippen molar-refractivity contribution in [3.63, 3.8) is 0 Å². The number of para-hydroxylation sites is 3.